The third-order valence-corrected chi connectivity index (χ3v) is 15.7. The summed E-state index contributed by atoms with van der Waals surface area (Å²) < 4.78 is 14.2. The first-order valence-corrected chi connectivity index (χ1v) is 18.7. The molecule has 242 valence electrons. The van der Waals surface area contributed by atoms with E-state index in [4.69, 9.17) is 9.47 Å². The predicted molar refractivity (Wildman–Crippen MR) is 160 cm³/mol. The summed E-state index contributed by atoms with van der Waals surface area (Å²) in [7, 11) is 0. The molecule has 0 radical (unpaired) electrons. The van der Waals surface area contributed by atoms with Crippen molar-refractivity contribution < 1.29 is 33.4 Å². The molecule has 45 heavy (non-hydrogen) atoms. The van der Waals surface area contributed by atoms with Gasteiger partial charge < -0.3 is 9.47 Å². The van der Waals surface area contributed by atoms with E-state index in [1.165, 1.54) is 6.42 Å². The second-order valence-electron chi connectivity index (χ2n) is 18.1. The molecule has 13 rings (SSSR count). The Morgan fingerprint density at radius 1 is 0.578 bits per heavy atom. The molecule has 13 aliphatic rings. The zero-order valence-electron chi connectivity index (χ0n) is 26.5. The van der Waals surface area contributed by atoms with Gasteiger partial charge in [-0.2, -0.15) is 0 Å². The predicted octanol–water partition coefficient (Wildman–Crippen LogP) is 5.59. The standard InChI is InChI=1S/C38H48O7/c39-31(36-14-21-6-23(16-36)33(41)24(7-21)17-36)3-1-29-30(45-38(44-29)26-9-19-5-20(11-26)12-27(38)10-19)2-4-32(40)37-15-22-8-25(18-37)34(42)28(13-22)35(37)43/h19-30H,1-18H2. The fourth-order valence-electron chi connectivity index (χ4n) is 14.3. The second kappa shape index (κ2) is 9.45. The zero-order valence-corrected chi connectivity index (χ0v) is 26.5. The molecule has 0 aromatic heterocycles. The van der Waals surface area contributed by atoms with E-state index in [9.17, 15) is 24.0 Å². The Morgan fingerprint density at radius 2 is 1.13 bits per heavy atom. The van der Waals surface area contributed by atoms with E-state index >= 15 is 0 Å². The van der Waals surface area contributed by atoms with Gasteiger partial charge in [-0.25, -0.2) is 0 Å². The van der Waals surface area contributed by atoms with Gasteiger partial charge in [0.1, 0.15) is 23.1 Å². The van der Waals surface area contributed by atoms with Crippen molar-refractivity contribution in [3.05, 3.63) is 0 Å². The SMILES string of the molecule is O=C1C2CC3CC1CC(C(=O)CCC1OC4(OC1CCC(=O)C15CC6CC(C1)C(=O)C(C6)C5=O)C1CC5CC(C1)CC4C5)(C3)C2. The van der Waals surface area contributed by atoms with Gasteiger partial charge in [-0.1, -0.05) is 0 Å². The molecule has 7 heteroatoms. The molecule has 1 aliphatic heterocycles. The zero-order chi connectivity index (χ0) is 30.5. The van der Waals surface area contributed by atoms with Gasteiger partial charge in [-0.15, -0.1) is 0 Å². The van der Waals surface area contributed by atoms with Gasteiger partial charge in [0, 0.05) is 47.8 Å². The lowest BCUT2D eigenvalue weighted by Crippen LogP contribution is -2.61. The van der Waals surface area contributed by atoms with E-state index in [1.54, 1.807) is 0 Å². The van der Waals surface area contributed by atoms with Gasteiger partial charge in [0.05, 0.1) is 23.5 Å². The third kappa shape index (κ3) is 3.86. The quantitative estimate of drug-likeness (QED) is 0.328. The van der Waals surface area contributed by atoms with E-state index < -0.39 is 17.1 Å². The van der Waals surface area contributed by atoms with Crippen LogP contribution in [-0.4, -0.2) is 46.9 Å². The van der Waals surface area contributed by atoms with E-state index in [0.29, 0.717) is 73.8 Å². The van der Waals surface area contributed by atoms with Gasteiger partial charge in [0.25, 0.3) is 0 Å². The molecule has 7 nitrogen and oxygen atoms in total. The highest BCUT2D eigenvalue weighted by molar-refractivity contribution is 6.18. The average molecular weight is 617 g/mol. The fourth-order valence-corrected chi connectivity index (χ4v) is 14.3. The number of hydrogen-bond acceptors (Lipinski definition) is 7. The third-order valence-electron chi connectivity index (χ3n) is 15.7. The minimum absolute atomic E-state index is 0.0158. The summed E-state index contributed by atoms with van der Waals surface area (Å²) in [6, 6.07) is 0. The molecule has 12 bridgehead atoms. The smallest absolute Gasteiger partial charge is 0.174 e. The van der Waals surface area contributed by atoms with E-state index in [1.807, 2.05) is 0 Å². The minimum Gasteiger partial charge on any atom is -0.343 e. The molecule has 12 saturated carbocycles. The molecule has 13 fully saturated rings. The van der Waals surface area contributed by atoms with Crippen LogP contribution in [0.3, 0.4) is 0 Å². The van der Waals surface area contributed by atoms with Crippen molar-refractivity contribution in [1.82, 2.24) is 0 Å². The lowest BCUT2D eigenvalue weighted by atomic mass is 9.47. The Bertz CT molecular complexity index is 1350. The molecule has 0 N–H and O–H groups in total. The maximum atomic E-state index is 14.0. The Morgan fingerprint density at radius 3 is 1.76 bits per heavy atom. The topological polar surface area (TPSA) is 104 Å². The van der Waals surface area contributed by atoms with Crippen LogP contribution in [0.4, 0.5) is 0 Å². The van der Waals surface area contributed by atoms with Crippen LogP contribution in [0.5, 0.6) is 0 Å². The first kappa shape index (κ1) is 28.3. The van der Waals surface area contributed by atoms with Gasteiger partial charge in [0.2, 0.25) is 0 Å². The molecule has 12 aliphatic carbocycles. The van der Waals surface area contributed by atoms with E-state index in [2.05, 4.69) is 0 Å². The maximum Gasteiger partial charge on any atom is 0.174 e. The first-order valence-electron chi connectivity index (χ1n) is 18.7. The summed E-state index contributed by atoms with van der Waals surface area (Å²) in [6.07, 6.45) is 14.2. The van der Waals surface area contributed by atoms with Crippen molar-refractivity contribution >= 4 is 28.9 Å². The molecular formula is C38H48O7. The lowest BCUT2D eigenvalue weighted by molar-refractivity contribution is -0.299. The van der Waals surface area contributed by atoms with Crippen molar-refractivity contribution in [3.8, 4) is 0 Å². The molecule has 1 spiro atoms. The normalized spacial score (nSPS) is 54.6. The number of Topliss-reactive ketones (excluding diaryl/α,β-unsaturated/α-hetero) is 5. The summed E-state index contributed by atoms with van der Waals surface area (Å²) in [6.45, 7) is 0. The van der Waals surface area contributed by atoms with Crippen LogP contribution in [0.1, 0.15) is 116 Å². The van der Waals surface area contributed by atoms with Gasteiger partial charge in [-0.3, -0.25) is 24.0 Å². The summed E-state index contributed by atoms with van der Waals surface area (Å²) in [5.74, 6) is 2.80. The summed E-state index contributed by atoms with van der Waals surface area (Å²) in [4.78, 5) is 67.2. The molecule has 1 heterocycles. The van der Waals surface area contributed by atoms with Crippen LogP contribution in [0.2, 0.25) is 0 Å². The average Bonchev–Trinajstić information content (AvgIpc) is 3.39. The van der Waals surface area contributed by atoms with Crippen molar-refractivity contribution in [3.63, 3.8) is 0 Å². The molecular weight excluding hydrogens is 568 g/mol. The highest BCUT2D eigenvalue weighted by Gasteiger charge is 2.66. The molecule has 0 aromatic carbocycles. The highest BCUT2D eigenvalue weighted by Crippen LogP contribution is 2.64. The number of ether oxygens (including phenoxy) is 2. The van der Waals surface area contributed by atoms with Crippen LogP contribution in [-0.2, 0) is 33.4 Å². The monoisotopic (exact) mass is 616 g/mol. The van der Waals surface area contributed by atoms with Crippen molar-refractivity contribution in [1.29, 1.82) is 0 Å². The lowest BCUT2D eigenvalue weighted by Gasteiger charge is -2.58. The molecule has 8 atom stereocenters. The number of ketones is 5. The fraction of sp³-hybridized carbons (Fsp3) is 0.868. The largest absolute Gasteiger partial charge is 0.343 e. The van der Waals surface area contributed by atoms with Crippen LogP contribution in [0, 0.1) is 70.0 Å². The van der Waals surface area contributed by atoms with Crippen LogP contribution in [0.15, 0.2) is 0 Å². The second-order valence-corrected chi connectivity index (χ2v) is 18.1. The Kier molecular flexibility index (Phi) is 5.94. The number of rotatable bonds is 8. The Balaban J connectivity index is 0.880. The summed E-state index contributed by atoms with van der Waals surface area (Å²) in [5, 5.41) is 0. The van der Waals surface area contributed by atoms with E-state index in [-0.39, 0.29) is 59.1 Å². The summed E-state index contributed by atoms with van der Waals surface area (Å²) in [5.41, 5.74) is -1.29. The minimum atomic E-state index is -0.967. The maximum absolute atomic E-state index is 14.0. The number of hydrogen-bond donors (Lipinski definition) is 0. The van der Waals surface area contributed by atoms with Crippen LogP contribution >= 0.6 is 0 Å². The van der Waals surface area contributed by atoms with E-state index in [0.717, 1.165) is 76.0 Å². The molecule has 0 aromatic rings. The summed E-state index contributed by atoms with van der Waals surface area (Å²) >= 11 is 0. The molecule has 1 saturated heterocycles. The first-order chi connectivity index (χ1) is 21.6. The van der Waals surface area contributed by atoms with Gasteiger partial charge >= 0.3 is 0 Å². The highest BCUT2D eigenvalue weighted by atomic mass is 16.8. The van der Waals surface area contributed by atoms with Crippen molar-refractivity contribution in [2.24, 2.45) is 70.0 Å². The number of carbonyl (C=O) groups excluding carboxylic acids is 5. The molecule has 0 amide bonds. The van der Waals surface area contributed by atoms with Crippen molar-refractivity contribution in [2.75, 3.05) is 0 Å². The van der Waals surface area contributed by atoms with Gasteiger partial charge in [0.15, 0.2) is 11.6 Å². The number of carbonyl (C=O) groups is 5. The Hall–Kier alpha value is -1.73. The Labute approximate surface area is 265 Å². The van der Waals surface area contributed by atoms with Crippen LogP contribution < -0.4 is 0 Å². The van der Waals surface area contributed by atoms with Crippen LogP contribution in [0.25, 0.3) is 0 Å². The van der Waals surface area contributed by atoms with Gasteiger partial charge in [-0.05, 0) is 126 Å². The van der Waals surface area contributed by atoms with Crippen molar-refractivity contribution in [2.45, 2.75) is 134 Å². The molecule has 8 unspecified atom stereocenters.